The highest BCUT2D eigenvalue weighted by Crippen LogP contribution is 2.31. The smallest absolute Gasteiger partial charge is 0.253 e. The topological polar surface area (TPSA) is 137 Å². The number of aliphatic hydroxyl groups excluding tert-OH is 1. The number of aliphatic hydroxyl groups is 1. The molecule has 9 nitrogen and oxygen atoms in total. The maximum atomic E-state index is 12.7. The molecule has 30 heavy (non-hydrogen) atoms. The van der Waals surface area contributed by atoms with Crippen LogP contribution in [0.25, 0.3) is 0 Å². The molecule has 0 radical (unpaired) electrons. The van der Waals surface area contributed by atoms with Crippen molar-refractivity contribution in [3.63, 3.8) is 0 Å². The minimum absolute atomic E-state index is 0. The van der Waals surface area contributed by atoms with Gasteiger partial charge in [0.2, 0.25) is 5.91 Å². The van der Waals surface area contributed by atoms with Gasteiger partial charge in [0.05, 0.1) is 5.60 Å². The van der Waals surface area contributed by atoms with Gasteiger partial charge in [0.25, 0.3) is 5.91 Å². The highest BCUT2D eigenvalue weighted by molar-refractivity contribution is 5.98. The second-order valence-corrected chi connectivity index (χ2v) is 7.15. The van der Waals surface area contributed by atoms with Crippen LogP contribution in [-0.4, -0.2) is 84.3 Å². The lowest BCUT2D eigenvalue weighted by Crippen LogP contribution is -2.59. The van der Waals surface area contributed by atoms with E-state index in [1.807, 2.05) is 6.79 Å². The minimum atomic E-state index is -0.404. The van der Waals surface area contributed by atoms with Crippen LogP contribution in [0.1, 0.15) is 35.2 Å². The van der Waals surface area contributed by atoms with Crippen LogP contribution < -0.4 is 5.73 Å². The maximum absolute atomic E-state index is 12.7. The van der Waals surface area contributed by atoms with E-state index < -0.39 is 5.60 Å². The van der Waals surface area contributed by atoms with Gasteiger partial charge in [-0.2, -0.15) is 0 Å². The Bertz CT molecular complexity index is 735. The van der Waals surface area contributed by atoms with Gasteiger partial charge in [0.1, 0.15) is 19.2 Å². The first kappa shape index (κ1) is 25.5. The molecule has 0 bridgehead atoms. The number of halogens is 1. The molecule has 2 aliphatic rings. The molecule has 1 aromatic rings. The Hall–Kier alpha value is -2.49. The van der Waals surface area contributed by atoms with E-state index in [1.165, 1.54) is 0 Å². The highest BCUT2D eigenvalue weighted by atomic mass is 35.5. The zero-order valence-electron chi connectivity index (χ0n) is 16.8. The first-order chi connectivity index (χ1) is 13.9. The van der Waals surface area contributed by atoms with Crippen molar-refractivity contribution in [1.29, 1.82) is 5.41 Å². The minimum Gasteiger partial charge on any atom is -0.396 e. The lowest BCUT2D eigenvalue weighted by atomic mass is 9.89. The Kier molecular flexibility index (Phi) is 9.91. The highest BCUT2D eigenvalue weighted by Gasteiger charge is 2.42. The number of hydrogen-bond donors (Lipinski definition) is 3. The molecular formula is C20H29ClN4O5. The van der Waals surface area contributed by atoms with Crippen LogP contribution in [0.15, 0.2) is 24.3 Å². The molecule has 2 amide bonds. The molecule has 0 unspecified atom stereocenters. The summed E-state index contributed by atoms with van der Waals surface area (Å²) in [5.74, 6) is -0.120. The van der Waals surface area contributed by atoms with E-state index in [0.29, 0.717) is 56.6 Å². The van der Waals surface area contributed by atoms with Crippen molar-refractivity contribution < 1.29 is 24.2 Å². The van der Waals surface area contributed by atoms with Crippen LogP contribution in [0.5, 0.6) is 0 Å². The number of piperidine rings is 1. The van der Waals surface area contributed by atoms with E-state index in [4.69, 9.17) is 25.8 Å². The van der Waals surface area contributed by atoms with E-state index in [1.54, 1.807) is 34.1 Å². The van der Waals surface area contributed by atoms with Gasteiger partial charge in [-0.3, -0.25) is 15.0 Å². The number of nitrogens with one attached hydrogen (secondary N) is 1. The summed E-state index contributed by atoms with van der Waals surface area (Å²) in [6.07, 6.45) is 1.91. The lowest BCUT2D eigenvalue weighted by molar-refractivity contribution is -0.170. The van der Waals surface area contributed by atoms with E-state index in [9.17, 15) is 9.59 Å². The normalized spacial score (nSPS) is 17.6. The molecule has 1 aromatic carbocycles. The number of benzene rings is 1. The fraction of sp³-hybridized carbons (Fsp3) is 0.500. The zero-order valence-corrected chi connectivity index (χ0v) is 17.7. The molecule has 0 atom stereocenters. The van der Waals surface area contributed by atoms with Crippen molar-refractivity contribution in [3.8, 4) is 0 Å². The van der Waals surface area contributed by atoms with Crippen LogP contribution in [0, 0.1) is 5.41 Å². The predicted molar refractivity (Wildman–Crippen MR) is 114 cm³/mol. The fourth-order valence-corrected chi connectivity index (χ4v) is 3.65. The summed E-state index contributed by atoms with van der Waals surface area (Å²) in [5, 5.41) is 16.4. The number of carbonyl (C=O) groups excluding carboxylic acids is 3. The SMILES string of the molecule is C=O.Cl.N=C(N)c1ccc(C(=O)N2CCC3(CC2)CN(CCCO)C(=O)CO3)cc1. The molecule has 3 rings (SSSR count). The van der Waals surface area contributed by atoms with E-state index in [0.717, 1.165) is 0 Å². The van der Waals surface area contributed by atoms with Gasteiger partial charge in [-0.25, -0.2) is 0 Å². The largest absolute Gasteiger partial charge is 0.396 e. The van der Waals surface area contributed by atoms with E-state index >= 15 is 0 Å². The van der Waals surface area contributed by atoms with E-state index in [-0.39, 0.29) is 43.3 Å². The summed E-state index contributed by atoms with van der Waals surface area (Å²) in [6.45, 7) is 4.30. The van der Waals surface area contributed by atoms with Gasteiger partial charge < -0.3 is 30.2 Å². The number of carbonyl (C=O) groups is 3. The third-order valence-corrected chi connectivity index (χ3v) is 5.32. The summed E-state index contributed by atoms with van der Waals surface area (Å²) in [6, 6.07) is 6.73. The van der Waals surface area contributed by atoms with Crippen LogP contribution >= 0.6 is 12.4 Å². The van der Waals surface area contributed by atoms with Crippen molar-refractivity contribution in [1.82, 2.24) is 9.80 Å². The van der Waals surface area contributed by atoms with Crippen LogP contribution in [-0.2, 0) is 14.3 Å². The number of nitrogens with two attached hydrogens (primary N) is 1. The number of morpholine rings is 1. The van der Waals surface area contributed by atoms with E-state index in [2.05, 4.69) is 0 Å². The summed E-state index contributed by atoms with van der Waals surface area (Å²) in [7, 11) is 0. The molecule has 166 valence electrons. The predicted octanol–water partition coefficient (Wildman–Crippen LogP) is 0.424. The third-order valence-electron chi connectivity index (χ3n) is 5.32. The van der Waals surface area contributed by atoms with Crippen molar-refractivity contribution in [2.45, 2.75) is 24.9 Å². The Labute approximate surface area is 182 Å². The summed E-state index contributed by atoms with van der Waals surface area (Å²) < 4.78 is 5.88. The average molecular weight is 441 g/mol. The summed E-state index contributed by atoms with van der Waals surface area (Å²) in [5.41, 5.74) is 6.20. The number of likely N-dealkylation sites (tertiary alicyclic amines) is 1. The van der Waals surface area contributed by atoms with Crippen molar-refractivity contribution >= 4 is 36.8 Å². The van der Waals surface area contributed by atoms with Gasteiger partial charge in [0.15, 0.2) is 0 Å². The quantitative estimate of drug-likeness (QED) is 0.448. The number of hydrogen-bond acceptors (Lipinski definition) is 6. The molecule has 2 heterocycles. The fourth-order valence-electron chi connectivity index (χ4n) is 3.65. The maximum Gasteiger partial charge on any atom is 0.253 e. The van der Waals surface area contributed by atoms with Crippen molar-refractivity contribution in [2.75, 3.05) is 39.4 Å². The van der Waals surface area contributed by atoms with Crippen LogP contribution in [0.4, 0.5) is 0 Å². The summed E-state index contributed by atoms with van der Waals surface area (Å²) >= 11 is 0. The zero-order chi connectivity index (χ0) is 21.4. The van der Waals surface area contributed by atoms with Gasteiger partial charge in [-0.05, 0) is 31.4 Å². The molecule has 2 aliphatic heterocycles. The van der Waals surface area contributed by atoms with Gasteiger partial charge in [0, 0.05) is 43.9 Å². The second-order valence-electron chi connectivity index (χ2n) is 7.15. The van der Waals surface area contributed by atoms with Crippen molar-refractivity contribution in [3.05, 3.63) is 35.4 Å². The second kappa shape index (κ2) is 11.6. The first-order valence-electron chi connectivity index (χ1n) is 9.49. The van der Waals surface area contributed by atoms with Crippen molar-refractivity contribution in [2.24, 2.45) is 5.73 Å². The molecule has 4 N–H and O–H groups in total. The molecule has 10 heteroatoms. The Morgan fingerprint density at radius 2 is 1.77 bits per heavy atom. The molecule has 0 saturated carbocycles. The number of amidine groups is 1. The molecule has 2 fully saturated rings. The number of amides is 2. The van der Waals surface area contributed by atoms with Gasteiger partial charge in [-0.15, -0.1) is 12.4 Å². The third kappa shape index (κ3) is 6.01. The molecule has 0 aromatic heterocycles. The lowest BCUT2D eigenvalue weighted by Gasteiger charge is -2.47. The molecular weight excluding hydrogens is 412 g/mol. The number of rotatable bonds is 5. The molecule has 1 spiro atoms. The molecule has 0 aliphatic carbocycles. The van der Waals surface area contributed by atoms with Crippen LogP contribution in [0.2, 0.25) is 0 Å². The number of nitrogens with zero attached hydrogens (tertiary/aromatic N) is 2. The Morgan fingerprint density at radius 1 is 1.20 bits per heavy atom. The van der Waals surface area contributed by atoms with Gasteiger partial charge >= 0.3 is 0 Å². The Balaban J connectivity index is 0.00000146. The molecule has 2 saturated heterocycles. The van der Waals surface area contributed by atoms with Gasteiger partial charge in [-0.1, -0.05) is 12.1 Å². The average Bonchev–Trinajstić information content (AvgIpc) is 2.76. The monoisotopic (exact) mass is 440 g/mol. The first-order valence-corrected chi connectivity index (χ1v) is 9.49. The number of nitrogen functional groups attached to an aromatic ring is 1. The summed E-state index contributed by atoms with van der Waals surface area (Å²) in [4.78, 5) is 36.3. The Morgan fingerprint density at radius 3 is 2.30 bits per heavy atom. The number of ether oxygens (including phenoxy) is 1. The standard InChI is InChI=1S/C19H26N4O4.CH2O.ClH/c20-17(21)14-2-4-15(5-3-14)18(26)22-9-6-19(7-10-22)13-23(8-1-11-24)16(25)12-27-19;1-2;/h2-5,24H,1,6-13H2,(H3,20,21);1H2;1H. The van der Waals surface area contributed by atoms with Crippen LogP contribution in [0.3, 0.4) is 0 Å².